The third-order valence-corrected chi connectivity index (χ3v) is 8.10. The van der Waals surface area contributed by atoms with Crippen molar-refractivity contribution >= 4 is 11.7 Å². The van der Waals surface area contributed by atoms with Crippen LogP contribution in [0.1, 0.15) is 57.8 Å². The summed E-state index contributed by atoms with van der Waals surface area (Å²) in [5, 5.41) is 8.18. The number of halogens is 1. The third kappa shape index (κ3) is 6.49. The first-order chi connectivity index (χ1) is 18.5. The van der Waals surface area contributed by atoms with Crippen LogP contribution >= 0.6 is 0 Å². The lowest BCUT2D eigenvalue weighted by atomic mass is 9.76. The first-order valence-electron chi connectivity index (χ1n) is 14.1. The molecule has 1 spiro atoms. The average Bonchev–Trinajstić information content (AvgIpc) is 3.30. The van der Waals surface area contributed by atoms with E-state index in [1.165, 1.54) is 30.9 Å². The minimum atomic E-state index is -0.496. The minimum absolute atomic E-state index is 0.0339. The van der Waals surface area contributed by atoms with Crippen LogP contribution in [0.4, 0.5) is 10.2 Å². The zero-order chi connectivity index (χ0) is 28.3. The van der Waals surface area contributed by atoms with Gasteiger partial charge in [-0.1, -0.05) is 13.8 Å². The molecule has 2 saturated heterocycles. The highest BCUT2D eigenvalue weighted by Crippen LogP contribution is 2.44. The number of rotatable bonds is 11. The molecule has 1 atom stereocenters. The molecule has 39 heavy (non-hydrogen) atoms. The number of benzene rings is 1. The van der Waals surface area contributed by atoms with Crippen molar-refractivity contribution in [3.63, 3.8) is 0 Å². The predicted octanol–water partition coefficient (Wildman–Crippen LogP) is 4.16. The molecular weight excluding hydrogens is 497 g/mol. The molecule has 1 amide bonds. The second-order valence-electron chi connectivity index (χ2n) is 12.0. The lowest BCUT2D eigenvalue weighted by Gasteiger charge is -2.53. The van der Waals surface area contributed by atoms with E-state index in [9.17, 15) is 9.18 Å². The fraction of sp³-hybridized carbons (Fsp3) is 0.655. The van der Waals surface area contributed by atoms with Crippen molar-refractivity contribution in [2.45, 2.75) is 59.5 Å². The van der Waals surface area contributed by atoms with Crippen LogP contribution in [0.3, 0.4) is 0 Å². The number of anilines is 1. The minimum Gasteiger partial charge on any atom is -0.434 e. The molecule has 1 aromatic carbocycles. The number of carbonyl (C=O) groups excluding carboxylic acids is 1. The number of aromatic nitrogens is 3. The molecule has 10 heteroatoms. The standard InChI is InChI=1S/C29H44FN7O2/c1-8-37(21(4)5)28(38)23-15-22(30)9-10-25(23)39-27-26(31-19-32-33-27)35-14-12-29(16-35)17-36(18-29)24(20(2)3)11-13-34(6)7/h9-10,15,19-21,24H,8,11-14,16-18H2,1-7H3. The molecule has 2 fully saturated rings. The van der Waals surface area contributed by atoms with Crippen LogP contribution in [-0.2, 0) is 0 Å². The molecule has 0 radical (unpaired) electrons. The van der Waals surface area contributed by atoms with Crippen LogP contribution in [-0.4, -0.2) is 101 Å². The van der Waals surface area contributed by atoms with E-state index < -0.39 is 5.82 Å². The number of likely N-dealkylation sites (tertiary alicyclic amines) is 1. The van der Waals surface area contributed by atoms with Crippen molar-refractivity contribution in [1.82, 2.24) is 29.9 Å². The molecular formula is C29H44FN7O2. The van der Waals surface area contributed by atoms with Gasteiger partial charge in [0.2, 0.25) is 0 Å². The highest BCUT2D eigenvalue weighted by Gasteiger charge is 2.50. The Balaban J connectivity index is 1.49. The van der Waals surface area contributed by atoms with Crippen molar-refractivity contribution in [2.75, 3.05) is 58.3 Å². The van der Waals surface area contributed by atoms with Gasteiger partial charge in [0.05, 0.1) is 5.56 Å². The van der Waals surface area contributed by atoms with Gasteiger partial charge in [0.1, 0.15) is 17.9 Å². The second-order valence-corrected chi connectivity index (χ2v) is 12.0. The van der Waals surface area contributed by atoms with E-state index in [1.807, 2.05) is 20.8 Å². The summed E-state index contributed by atoms with van der Waals surface area (Å²) in [5.41, 5.74) is 0.385. The summed E-state index contributed by atoms with van der Waals surface area (Å²) in [5.74, 6) is 0.900. The largest absolute Gasteiger partial charge is 0.434 e. The van der Waals surface area contributed by atoms with Gasteiger partial charge in [-0.3, -0.25) is 9.69 Å². The van der Waals surface area contributed by atoms with Crippen LogP contribution in [0.2, 0.25) is 0 Å². The Hall–Kier alpha value is -2.85. The number of ether oxygens (including phenoxy) is 1. The smallest absolute Gasteiger partial charge is 0.282 e. The van der Waals surface area contributed by atoms with E-state index in [2.05, 4.69) is 57.8 Å². The Morgan fingerprint density at radius 3 is 2.56 bits per heavy atom. The summed E-state index contributed by atoms with van der Waals surface area (Å²) >= 11 is 0. The normalized spacial score (nSPS) is 17.8. The van der Waals surface area contributed by atoms with Gasteiger partial charge >= 0.3 is 0 Å². The Kier molecular flexibility index (Phi) is 9.06. The van der Waals surface area contributed by atoms with Crippen molar-refractivity contribution in [3.05, 3.63) is 35.9 Å². The summed E-state index contributed by atoms with van der Waals surface area (Å²) in [7, 11) is 4.27. The molecule has 4 rings (SSSR count). The van der Waals surface area contributed by atoms with E-state index in [1.54, 1.807) is 4.90 Å². The molecule has 214 valence electrons. The van der Waals surface area contributed by atoms with Crippen LogP contribution < -0.4 is 9.64 Å². The monoisotopic (exact) mass is 541 g/mol. The van der Waals surface area contributed by atoms with E-state index in [0.717, 1.165) is 39.1 Å². The number of carbonyl (C=O) groups is 1. The third-order valence-electron chi connectivity index (χ3n) is 8.10. The number of hydrogen-bond acceptors (Lipinski definition) is 8. The van der Waals surface area contributed by atoms with Crippen molar-refractivity contribution in [3.8, 4) is 11.6 Å². The first kappa shape index (κ1) is 29.1. The zero-order valence-corrected chi connectivity index (χ0v) is 24.5. The van der Waals surface area contributed by atoms with Gasteiger partial charge in [0.25, 0.3) is 11.8 Å². The topological polar surface area (TPSA) is 77.9 Å². The molecule has 0 aliphatic carbocycles. The zero-order valence-electron chi connectivity index (χ0n) is 24.5. The van der Waals surface area contributed by atoms with Crippen LogP contribution in [0, 0.1) is 17.2 Å². The number of hydrogen-bond donors (Lipinski definition) is 0. The predicted molar refractivity (Wildman–Crippen MR) is 151 cm³/mol. The maximum absolute atomic E-state index is 14.2. The van der Waals surface area contributed by atoms with Gasteiger partial charge in [-0.2, -0.15) is 0 Å². The summed E-state index contributed by atoms with van der Waals surface area (Å²) in [6.45, 7) is 15.9. The van der Waals surface area contributed by atoms with Gasteiger partial charge in [-0.25, -0.2) is 9.37 Å². The van der Waals surface area contributed by atoms with Gasteiger partial charge < -0.3 is 19.4 Å². The average molecular weight is 542 g/mol. The molecule has 2 aromatic rings. The van der Waals surface area contributed by atoms with E-state index in [0.29, 0.717) is 24.3 Å². The van der Waals surface area contributed by atoms with Crippen LogP contribution in [0.15, 0.2) is 24.5 Å². The van der Waals surface area contributed by atoms with Crippen LogP contribution in [0.5, 0.6) is 11.6 Å². The van der Waals surface area contributed by atoms with Crippen molar-refractivity contribution in [2.24, 2.45) is 11.3 Å². The summed E-state index contributed by atoms with van der Waals surface area (Å²) in [4.78, 5) is 26.6. The van der Waals surface area contributed by atoms with E-state index in [-0.39, 0.29) is 34.6 Å². The molecule has 3 heterocycles. The van der Waals surface area contributed by atoms with Gasteiger partial charge in [-0.05, 0) is 78.4 Å². The highest BCUT2D eigenvalue weighted by atomic mass is 19.1. The molecule has 0 N–H and O–H groups in total. The Morgan fingerprint density at radius 1 is 1.18 bits per heavy atom. The first-order valence-corrected chi connectivity index (χ1v) is 14.1. The molecule has 0 saturated carbocycles. The number of amides is 1. The van der Waals surface area contributed by atoms with Gasteiger partial charge in [-0.15, -0.1) is 10.2 Å². The molecule has 2 aliphatic rings. The van der Waals surface area contributed by atoms with Crippen molar-refractivity contribution < 1.29 is 13.9 Å². The maximum atomic E-state index is 14.2. The molecule has 2 aliphatic heterocycles. The summed E-state index contributed by atoms with van der Waals surface area (Å²) in [6, 6.07) is 4.53. The lowest BCUT2D eigenvalue weighted by Crippen LogP contribution is -2.62. The Bertz CT molecular complexity index is 1140. The van der Waals surface area contributed by atoms with E-state index >= 15 is 0 Å². The molecule has 0 bridgehead atoms. The quantitative estimate of drug-likeness (QED) is 0.420. The lowest BCUT2D eigenvalue weighted by molar-refractivity contribution is -0.0349. The van der Waals surface area contributed by atoms with E-state index in [4.69, 9.17) is 4.74 Å². The Morgan fingerprint density at radius 2 is 1.92 bits per heavy atom. The number of nitrogens with zero attached hydrogens (tertiary/aromatic N) is 7. The second kappa shape index (κ2) is 12.1. The maximum Gasteiger partial charge on any atom is 0.282 e. The molecule has 1 unspecified atom stereocenters. The van der Waals surface area contributed by atoms with Gasteiger partial charge in [0.15, 0.2) is 5.82 Å². The fourth-order valence-electron chi connectivity index (χ4n) is 6.05. The highest BCUT2D eigenvalue weighted by molar-refractivity contribution is 5.97. The summed E-state index contributed by atoms with van der Waals surface area (Å²) in [6.07, 6.45) is 3.67. The molecule has 9 nitrogen and oxygen atoms in total. The van der Waals surface area contributed by atoms with Crippen LogP contribution in [0.25, 0.3) is 0 Å². The van der Waals surface area contributed by atoms with Gasteiger partial charge in [0, 0.05) is 50.2 Å². The fourth-order valence-corrected chi connectivity index (χ4v) is 6.05. The SMILES string of the molecule is CCN(C(=O)c1cc(F)ccc1Oc1nncnc1N1CCC2(C1)CN(C(CCN(C)C)C(C)C)C2)C(C)C. The summed E-state index contributed by atoms with van der Waals surface area (Å²) < 4.78 is 20.4. The Labute approximate surface area is 232 Å². The van der Waals surface area contributed by atoms with Crippen molar-refractivity contribution in [1.29, 1.82) is 0 Å². The molecule has 1 aromatic heterocycles.